The molecule has 9 heteroatoms. The zero-order valence-electron chi connectivity index (χ0n) is 20.5. The molecule has 2 aliphatic heterocycles. The van der Waals surface area contributed by atoms with E-state index in [4.69, 9.17) is 25.5 Å². The maximum Gasteiger partial charge on any atom is 1.00 e. The van der Waals surface area contributed by atoms with Gasteiger partial charge in [-0.05, 0) is 38.5 Å². The fourth-order valence-corrected chi connectivity index (χ4v) is 11.4. The molecule has 0 radical (unpaired) electrons. The summed E-state index contributed by atoms with van der Waals surface area (Å²) in [5.41, 5.74) is 0. The third-order valence-corrected chi connectivity index (χ3v) is 15.5. The summed E-state index contributed by atoms with van der Waals surface area (Å²) in [7, 11) is -1.80. The minimum Gasteiger partial charge on any atom is -0.396 e. The Kier molecular flexibility index (Phi) is 25.6. The summed E-state index contributed by atoms with van der Waals surface area (Å²) < 4.78 is 0. The molecule has 2 heterocycles. The van der Waals surface area contributed by atoms with E-state index in [1.165, 1.54) is 74.8 Å². The Balaban J connectivity index is -0.000000428. The number of unbranched alkanes of at least 4 members (excludes halogenated alkanes) is 2. The van der Waals surface area contributed by atoms with Crippen molar-refractivity contribution >= 4 is 16.1 Å². The Bertz CT molecular complexity index is 445. The molecular formula is C23H48AgNO5Si2. The van der Waals surface area contributed by atoms with E-state index in [1.807, 2.05) is 0 Å². The molecular weight excluding hydrogens is 534 g/mol. The fraction of sp³-hybridized carbons (Fsp3) is 0.783. The average Bonchev–Trinajstić information content (AvgIpc) is 3.03. The van der Waals surface area contributed by atoms with Crippen molar-refractivity contribution in [1.29, 1.82) is 0 Å². The summed E-state index contributed by atoms with van der Waals surface area (Å²) in [6.07, 6.45) is 19.2. The Morgan fingerprint density at radius 1 is 0.750 bits per heavy atom. The number of rotatable bonds is 8. The molecule has 0 aliphatic carbocycles. The molecule has 0 amide bonds. The molecule has 0 fully saturated rings. The van der Waals surface area contributed by atoms with Gasteiger partial charge in [0.25, 0.3) is 5.09 Å². The first kappa shape index (κ1) is 36.3. The largest absolute Gasteiger partial charge is 1.00 e. The number of aliphatic hydroxyl groups excluding tert-OH is 2. The van der Waals surface area contributed by atoms with Crippen LogP contribution in [0.5, 0.6) is 0 Å². The smallest absolute Gasteiger partial charge is 0.396 e. The molecule has 0 spiro atoms. The van der Waals surface area contributed by atoms with Crippen LogP contribution < -0.4 is 0 Å². The van der Waals surface area contributed by atoms with Gasteiger partial charge in [0, 0.05) is 13.2 Å². The van der Waals surface area contributed by atoms with Crippen LogP contribution in [0.25, 0.3) is 0 Å². The zero-order chi connectivity index (χ0) is 22.7. The zero-order valence-corrected chi connectivity index (χ0v) is 24.0. The molecule has 6 nitrogen and oxygen atoms in total. The standard InChI is InChI=1S/2C11H22OSi.CH3.Ag.HNO3/c2*1-13(11-7-4-8-12)9-5-2-3-6-10-13;;;2-1(3)4/h2*2-3,12H,4-11H2,1H3;1H3;;(H,2,3,4)/q;;-1;+1;. The molecule has 0 aromatic rings. The Hall–Kier alpha value is -0.226. The second-order valence-corrected chi connectivity index (χ2v) is 19.6. The van der Waals surface area contributed by atoms with E-state index < -0.39 is 21.2 Å². The maximum atomic E-state index is 8.74. The van der Waals surface area contributed by atoms with E-state index in [0.29, 0.717) is 13.2 Å². The average molecular weight is 583 g/mol. The minimum atomic E-state index is -1.50. The topological polar surface area (TPSA) is 104 Å². The van der Waals surface area contributed by atoms with Gasteiger partial charge in [0.15, 0.2) is 0 Å². The van der Waals surface area contributed by atoms with Gasteiger partial charge in [-0.3, -0.25) is 0 Å². The summed E-state index contributed by atoms with van der Waals surface area (Å²) in [5.74, 6) is 0. The van der Waals surface area contributed by atoms with E-state index >= 15 is 0 Å². The van der Waals surface area contributed by atoms with E-state index in [9.17, 15) is 0 Å². The Morgan fingerprint density at radius 3 is 1.22 bits per heavy atom. The molecule has 0 aromatic carbocycles. The molecule has 32 heavy (non-hydrogen) atoms. The second-order valence-electron chi connectivity index (χ2n) is 9.32. The van der Waals surface area contributed by atoms with Crippen LogP contribution in [0, 0.1) is 17.5 Å². The molecule has 2 aliphatic rings. The molecule has 0 bridgehead atoms. The van der Waals surface area contributed by atoms with Crippen LogP contribution in [-0.4, -0.2) is 49.9 Å². The number of aliphatic hydroxyl groups is 2. The molecule has 0 saturated carbocycles. The summed E-state index contributed by atoms with van der Waals surface area (Å²) in [5, 5.41) is 31.1. The normalized spacial score (nSPS) is 18.1. The Morgan fingerprint density at radius 2 is 1.00 bits per heavy atom. The molecule has 0 aromatic heterocycles. The Labute approximate surface area is 214 Å². The van der Waals surface area contributed by atoms with Gasteiger partial charge in [-0.25, -0.2) is 0 Å². The molecule has 0 saturated heterocycles. The van der Waals surface area contributed by atoms with Crippen LogP contribution in [0.4, 0.5) is 0 Å². The van der Waals surface area contributed by atoms with Gasteiger partial charge >= 0.3 is 22.4 Å². The van der Waals surface area contributed by atoms with Gasteiger partial charge in [0.05, 0.1) is 16.1 Å². The number of allylic oxidation sites excluding steroid dienone is 4. The van der Waals surface area contributed by atoms with Crippen molar-refractivity contribution in [2.45, 2.75) is 101 Å². The second kappa shape index (κ2) is 22.6. The van der Waals surface area contributed by atoms with Crippen LogP contribution in [0.3, 0.4) is 0 Å². The summed E-state index contributed by atoms with van der Waals surface area (Å²) >= 11 is 0. The molecule has 0 unspecified atom stereocenters. The monoisotopic (exact) mass is 581 g/mol. The van der Waals surface area contributed by atoms with Crippen LogP contribution in [0.1, 0.15) is 51.4 Å². The van der Waals surface area contributed by atoms with Crippen molar-refractivity contribution in [2.75, 3.05) is 13.2 Å². The van der Waals surface area contributed by atoms with E-state index in [-0.39, 0.29) is 29.8 Å². The molecule has 0 atom stereocenters. The third-order valence-electron chi connectivity index (χ3n) is 6.37. The number of hydrogen-bond donors (Lipinski definition) is 3. The van der Waals surface area contributed by atoms with E-state index in [1.54, 1.807) is 0 Å². The summed E-state index contributed by atoms with van der Waals surface area (Å²) in [6.45, 7) is 5.83. The van der Waals surface area contributed by atoms with Crippen molar-refractivity contribution in [1.82, 2.24) is 0 Å². The SMILES string of the molecule is C[Si]1(CCCCO)CCC=CCC1.C[Si]1(CCCCO)CCC=CCC1.O=[N+]([O-])O.[Ag+].[CH3-]. The third kappa shape index (κ3) is 21.6. The quantitative estimate of drug-likeness (QED) is 0.0760. The van der Waals surface area contributed by atoms with Gasteiger partial charge in [-0.1, -0.05) is 86.5 Å². The van der Waals surface area contributed by atoms with Gasteiger partial charge in [-0.2, -0.15) is 0 Å². The van der Waals surface area contributed by atoms with Crippen molar-refractivity contribution in [3.8, 4) is 0 Å². The van der Waals surface area contributed by atoms with Crippen molar-refractivity contribution in [3.05, 3.63) is 41.8 Å². The van der Waals surface area contributed by atoms with Gasteiger partial charge in [0.1, 0.15) is 0 Å². The summed E-state index contributed by atoms with van der Waals surface area (Å²) in [4.78, 5) is 8.36. The first-order chi connectivity index (χ1) is 14.3. The van der Waals surface area contributed by atoms with Crippen LogP contribution in [0.2, 0.25) is 49.4 Å². The molecule has 3 N–H and O–H groups in total. The van der Waals surface area contributed by atoms with Crippen molar-refractivity contribution in [2.24, 2.45) is 0 Å². The van der Waals surface area contributed by atoms with Gasteiger partial charge < -0.3 is 22.8 Å². The molecule has 2 rings (SSSR count). The van der Waals surface area contributed by atoms with Crippen molar-refractivity contribution < 1.29 is 42.9 Å². The first-order valence-electron chi connectivity index (χ1n) is 11.6. The van der Waals surface area contributed by atoms with Crippen molar-refractivity contribution in [3.63, 3.8) is 0 Å². The molecule has 194 valence electrons. The minimum absolute atomic E-state index is 0. The van der Waals surface area contributed by atoms with Gasteiger partial charge in [0.2, 0.25) is 0 Å². The van der Waals surface area contributed by atoms with E-state index in [2.05, 4.69) is 37.4 Å². The predicted molar refractivity (Wildman–Crippen MR) is 137 cm³/mol. The van der Waals surface area contributed by atoms with Crippen LogP contribution in [0.15, 0.2) is 24.3 Å². The predicted octanol–water partition coefficient (Wildman–Crippen LogP) is 6.48. The van der Waals surface area contributed by atoms with Crippen LogP contribution in [-0.2, 0) is 22.4 Å². The van der Waals surface area contributed by atoms with E-state index in [0.717, 1.165) is 12.8 Å². The maximum absolute atomic E-state index is 8.74. The first-order valence-corrected chi connectivity index (χ1v) is 17.9. The fourth-order valence-electron chi connectivity index (χ4n) is 4.28. The summed E-state index contributed by atoms with van der Waals surface area (Å²) in [6, 6.07) is 8.72. The van der Waals surface area contributed by atoms with Crippen LogP contribution >= 0.6 is 0 Å². The van der Waals surface area contributed by atoms with Gasteiger partial charge in [-0.15, -0.1) is 10.1 Å². The number of hydrogen-bond acceptors (Lipinski definition) is 4. The number of nitrogens with zero attached hydrogens (tertiary/aromatic N) is 1.